The number of anilines is 1. The van der Waals surface area contributed by atoms with E-state index in [9.17, 15) is 9.90 Å². The second-order valence-corrected chi connectivity index (χ2v) is 6.73. The molecule has 0 saturated heterocycles. The third kappa shape index (κ3) is 4.72. The zero-order valence-corrected chi connectivity index (χ0v) is 18.9. The molecule has 3 rings (SSSR count). The Bertz CT molecular complexity index is 1020. The quantitative estimate of drug-likeness (QED) is 0.446. The van der Waals surface area contributed by atoms with E-state index in [1.54, 1.807) is 18.2 Å². The van der Waals surface area contributed by atoms with Gasteiger partial charge in [-0.2, -0.15) is 0 Å². The molecule has 1 heterocycles. The van der Waals surface area contributed by atoms with Crippen LogP contribution in [-0.2, 0) is 45.7 Å². The summed E-state index contributed by atoms with van der Waals surface area (Å²) >= 11 is 6.32. The second kappa shape index (κ2) is 9.20. The minimum atomic E-state index is -0.430. The number of hydrogen-bond acceptors (Lipinski definition) is 5. The molecule has 1 aromatic heterocycles. The summed E-state index contributed by atoms with van der Waals surface area (Å²) in [6, 6.07) is 10.2. The van der Waals surface area contributed by atoms with E-state index in [0.29, 0.717) is 34.8 Å². The summed E-state index contributed by atoms with van der Waals surface area (Å²) in [5.41, 5.74) is 8.51. The van der Waals surface area contributed by atoms with Gasteiger partial charge >= 0.3 is 5.63 Å². The molecule has 0 atom stereocenters. The Kier molecular flexibility index (Phi) is 7.46. The molecule has 2 aromatic carbocycles. The molecule has 0 spiro atoms. The van der Waals surface area contributed by atoms with Crippen molar-refractivity contribution in [2.24, 2.45) is 0 Å². The third-order valence-corrected chi connectivity index (χ3v) is 5.01. The van der Waals surface area contributed by atoms with Crippen molar-refractivity contribution in [2.75, 3.05) is 19.3 Å². The van der Waals surface area contributed by atoms with Crippen LogP contribution in [0, 0.1) is 0 Å². The van der Waals surface area contributed by atoms with Gasteiger partial charge in [-0.3, -0.25) is 0 Å². The van der Waals surface area contributed by atoms with Crippen LogP contribution >= 0.6 is 11.6 Å². The van der Waals surface area contributed by atoms with Crippen LogP contribution in [0.25, 0.3) is 11.0 Å². The molecule has 1 radical (unpaired) electrons. The number of benzene rings is 2. The van der Waals surface area contributed by atoms with Crippen molar-refractivity contribution in [1.29, 1.82) is 0 Å². The summed E-state index contributed by atoms with van der Waals surface area (Å²) in [7, 11) is 1.98. The van der Waals surface area contributed by atoms with Crippen molar-refractivity contribution in [2.45, 2.75) is 19.9 Å². The Balaban J connectivity index is 0.00000261. The van der Waals surface area contributed by atoms with Gasteiger partial charge in [0, 0.05) is 62.7 Å². The number of hydrogen-bond donors (Lipinski definition) is 2. The van der Waals surface area contributed by atoms with Gasteiger partial charge in [-0.05, 0) is 42.9 Å². The Morgan fingerprint density at radius 2 is 1.96 bits per heavy atom. The number of nitrogens with two attached hydrogens (primary N) is 1. The molecule has 27 heavy (non-hydrogen) atoms. The molecular weight excluding hydrogens is 441 g/mol. The van der Waals surface area contributed by atoms with Crippen molar-refractivity contribution < 1.29 is 42.2 Å². The van der Waals surface area contributed by atoms with Crippen LogP contribution in [0.1, 0.15) is 23.6 Å². The van der Waals surface area contributed by atoms with E-state index in [2.05, 4.69) is 4.90 Å². The molecule has 0 fully saturated rings. The number of aromatic hydroxyl groups is 1. The largest absolute Gasteiger partial charge is 0.508 e. The molecule has 0 aliphatic rings. The van der Waals surface area contributed by atoms with Crippen LogP contribution in [0.2, 0.25) is 5.02 Å². The van der Waals surface area contributed by atoms with Gasteiger partial charge in [-0.25, -0.2) is 4.79 Å². The molecule has 0 saturated carbocycles. The molecule has 3 N–H and O–H groups in total. The Hall–Kier alpha value is -1.40. The standard InChI is InChI=1S/C20H21ClN2O3.Y/c1-3-23(2)11-16-14-8-7-13(24)10-18(14)26-20(25)15(16)9-12-5-4-6-17(22)19(12)21;/h4-8,10,24H,3,9,11,22H2,1-2H3;. The van der Waals surface area contributed by atoms with Gasteiger partial charge in [0.25, 0.3) is 0 Å². The van der Waals surface area contributed by atoms with Crippen LogP contribution in [0.3, 0.4) is 0 Å². The van der Waals surface area contributed by atoms with Crippen LogP contribution in [-0.4, -0.2) is 23.6 Å². The van der Waals surface area contributed by atoms with E-state index in [1.807, 2.05) is 26.1 Å². The van der Waals surface area contributed by atoms with Gasteiger partial charge in [0.15, 0.2) is 0 Å². The maximum atomic E-state index is 12.7. The van der Waals surface area contributed by atoms with Gasteiger partial charge in [0.2, 0.25) is 0 Å². The first-order chi connectivity index (χ1) is 12.4. The predicted octanol–water partition coefficient (Wildman–Crippen LogP) is 3.77. The molecule has 3 aromatic rings. The smallest absolute Gasteiger partial charge is 0.340 e. The second-order valence-electron chi connectivity index (χ2n) is 6.35. The van der Waals surface area contributed by atoms with E-state index >= 15 is 0 Å². The average molecular weight is 462 g/mol. The Morgan fingerprint density at radius 1 is 1.22 bits per heavy atom. The van der Waals surface area contributed by atoms with Gasteiger partial charge < -0.3 is 20.2 Å². The van der Waals surface area contributed by atoms with Crippen molar-refractivity contribution in [3.63, 3.8) is 0 Å². The minimum absolute atomic E-state index is 0. The Labute approximate surface area is 188 Å². The third-order valence-electron chi connectivity index (χ3n) is 4.55. The zero-order valence-electron chi connectivity index (χ0n) is 15.3. The van der Waals surface area contributed by atoms with Crippen molar-refractivity contribution >= 4 is 28.3 Å². The van der Waals surface area contributed by atoms with E-state index < -0.39 is 5.63 Å². The van der Waals surface area contributed by atoms with Crippen LogP contribution in [0.5, 0.6) is 5.75 Å². The van der Waals surface area contributed by atoms with Gasteiger partial charge in [0.1, 0.15) is 11.3 Å². The summed E-state index contributed by atoms with van der Waals surface area (Å²) in [5.74, 6) is 0.0575. The number of rotatable bonds is 5. The summed E-state index contributed by atoms with van der Waals surface area (Å²) < 4.78 is 5.46. The average Bonchev–Trinajstić information content (AvgIpc) is 2.61. The van der Waals surface area contributed by atoms with Gasteiger partial charge in [0.05, 0.1) is 10.7 Å². The van der Waals surface area contributed by atoms with Crippen molar-refractivity contribution in [3.8, 4) is 5.75 Å². The molecule has 139 valence electrons. The first kappa shape index (κ1) is 21.9. The molecule has 0 bridgehead atoms. The summed E-state index contributed by atoms with van der Waals surface area (Å²) in [4.78, 5) is 14.8. The number of nitrogens with zero attached hydrogens (tertiary/aromatic N) is 1. The van der Waals surface area contributed by atoms with Crippen LogP contribution < -0.4 is 11.4 Å². The molecule has 0 unspecified atom stereocenters. The van der Waals surface area contributed by atoms with E-state index in [4.69, 9.17) is 21.8 Å². The first-order valence-corrected chi connectivity index (χ1v) is 8.77. The zero-order chi connectivity index (χ0) is 18.8. The van der Waals surface area contributed by atoms with Crippen LogP contribution in [0.15, 0.2) is 45.6 Å². The normalized spacial score (nSPS) is 11.0. The minimum Gasteiger partial charge on any atom is -0.508 e. The fraction of sp³-hybridized carbons (Fsp3) is 0.250. The summed E-state index contributed by atoms with van der Waals surface area (Å²) in [6.07, 6.45) is 0.329. The van der Waals surface area contributed by atoms with Crippen molar-refractivity contribution in [3.05, 3.63) is 68.5 Å². The summed E-state index contributed by atoms with van der Waals surface area (Å²) in [6.45, 7) is 3.46. The van der Waals surface area contributed by atoms with E-state index in [1.165, 1.54) is 6.07 Å². The monoisotopic (exact) mass is 461 g/mol. The predicted molar refractivity (Wildman–Crippen MR) is 105 cm³/mol. The van der Waals surface area contributed by atoms with E-state index in [-0.39, 0.29) is 38.5 Å². The Morgan fingerprint density at radius 3 is 2.67 bits per heavy atom. The van der Waals surface area contributed by atoms with E-state index in [0.717, 1.165) is 23.1 Å². The molecule has 0 amide bonds. The maximum absolute atomic E-state index is 12.7. The van der Waals surface area contributed by atoms with Gasteiger partial charge in [-0.15, -0.1) is 0 Å². The topological polar surface area (TPSA) is 79.7 Å². The SMILES string of the molecule is CCN(C)Cc1c(Cc2cccc(N)c2Cl)c(=O)oc2cc(O)ccc12.[Y]. The first-order valence-electron chi connectivity index (χ1n) is 8.39. The fourth-order valence-electron chi connectivity index (χ4n) is 2.96. The molecule has 7 heteroatoms. The summed E-state index contributed by atoms with van der Waals surface area (Å²) in [5, 5.41) is 11.0. The van der Waals surface area contributed by atoms with Crippen LogP contribution in [0.4, 0.5) is 5.69 Å². The number of phenols is 1. The number of phenolic OH excluding ortho intramolecular Hbond substituents is 1. The van der Waals surface area contributed by atoms with Crippen molar-refractivity contribution in [1.82, 2.24) is 4.90 Å². The number of nitrogen functional groups attached to an aromatic ring is 1. The maximum Gasteiger partial charge on any atom is 0.340 e. The number of halogens is 1. The molecule has 0 aliphatic heterocycles. The fourth-order valence-corrected chi connectivity index (χ4v) is 3.15. The van der Waals surface area contributed by atoms with Gasteiger partial charge in [-0.1, -0.05) is 30.7 Å². The molecule has 0 aliphatic carbocycles. The number of fused-ring (bicyclic) bond motifs is 1. The molecular formula is C20H21ClN2O3Y. The molecule has 5 nitrogen and oxygen atoms in total.